The second-order valence-electron chi connectivity index (χ2n) is 7.45. The first-order valence-electron chi connectivity index (χ1n) is 10.2. The minimum Gasteiger partial charge on any atom is -0.454 e. The predicted octanol–water partition coefficient (Wildman–Crippen LogP) is 5.40. The van der Waals surface area contributed by atoms with Gasteiger partial charge < -0.3 is 20.1 Å². The molecule has 0 fully saturated rings. The number of carbonyl (C=O) groups excluding carboxylic acids is 2. The van der Waals surface area contributed by atoms with Crippen LogP contribution in [-0.2, 0) is 17.4 Å². The maximum absolute atomic E-state index is 13.6. The summed E-state index contributed by atoms with van der Waals surface area (Å²) >= 11 is 0. The van der Waals surface area contributed by atoms with E-state index in [0.717, 1.165) is 29.8 Å². The Balaban J connectivity index is 1.44. The maximum Gasteiger partial charge on any atom is 0.418 e. The van der Waals surface area contributed by atoms with Crippen LogP contribution in [0, 0.1) is 5.82 Å². The first-order chi connectivity index (χ1) is 16.2. The van der Waals surface area contributed by atoms with Gasteiger partial charge in [-0.2, -0.15) is 13.2 Å². The number of aryl methyl sites for hydroxylation is 1. The van der Waals surface area contributed by atoms with Crippen LogP contribution in [0.4, 0.5) is 28.9 Å². The van der Waals surface area contributed by atoms with E-state index >= 15 is 0 Å². The van der Waals surface area contributed by atoms with Crippen molar-refractivity contribution >= 4 is 23.2 Å². The lowest BCUT2D eigenvalue weighted by Crippen LogP contribution is -2.18. The summed E-state index contributed by atoms with van der Waals surface area (Å²) in [7, 11) is 0. The average Bonchev–Trinajstić information content (AvgIpc) is 3.26. The highest BCUT2D eigenvalue weighted by molar-refractivity contribution is 6.04. The molecule has 2 amide bonds. The second kappa shape index (κ2) is 9.42. The monoisotopic (exact) mass is 474 g/mol. The highest BCUT2D eigenvalue weighted by Gasteiger charge is 2.34. The molecule has 1 heterocycles. The van der Waals surface area contributed by atoms with Gasteiger partial charge in [-0.15, -0.1) is 0 Å². The van der Waals surface area contributed by atoms with Crippen LogP contribution in [0.3, 0.4) is 0 Å². The van der Waals surface area contributed by atoms with Crippen LogP contribution in [0.5, 0.6) is 11.5 Å². The molecule has 1 aliphatic rings. The lowest BCUT2D eigenvalue weighted by molar-refractivity contribution is -0.136. The van der Waals surface area contributed by atoms with Crippen LogP contribution in [0.15, 0.2) is 60.7 Å². The number of rotatable bonds is 6. The summed E-state index contributed by atoms with van der Waals surface area (Å²) in [5.74, 6) is -0.709. The second-order valence-corrected chi connectivity index (χ2v) is 7.45. The van der Waals surface area contributed by atoms with Crippen molar-refractivity contribution in [1.82, 2.24) is 0 Å². The Hall–Kier alpha value is -4.08. The first-order valence-corrected chi connectivity index (χ1v) is 10.2. The highest BCUT2D eigenvalue weighted by Crippen LogP contribution is 2.37. The van der Waals surface area contributed by atoms with E-state index in [1.165, 1.54) is 18.2 Å². The Morgan fingerprint density at radius 1 is 0.882 bits per heavy atom. The minimum atomic E-state index is -4.78. The van der Waals surface area contributed by atoms with Gasteiger partial charge in [0.05, 0.1) is 11.3 Å². The van der Waals surface area contributed by atoms with E-state index in [9.17, 15) is 27.2 Å². The molecule has 0 radical (unpaired) electrons. The number of fused-ring (bicyclic) bond motifs is 1. The predicted molar refractivity (Wildman–Crippen MR) is 115 cm³/mol. The van der Waals surface area contributed by atoms with Crippen LogP contribution in [-0.4, -0.2) is 18.6 Å². The van der Waals surface area contributed by atoms with Gasteiger partial charge in [-0.3, -0.25) is 9.59 Å². The number of ether oxygens (including phenoxy) is 2. The molecule has 10 heteroatoms. The summed E-state index contributed by atoms with van der Waals surface area (Å²) in [6.45, 7) is 0.111. The Morgan fingerprint density at radius 3 is 2.35 bits per heavy atom. The topological polar surface area (TPSA) is 76.7 Å². The van der Waals surface area contributed by atoms with E-state index < -0.39 is 35.1 Å². The van der Waals surface area contributed by atoms with Gasteiger partial charge >= 0.3 is 6.18 Å². The molecular formula is C24H18F4N2O4. The minimum absolute atomic E-state index is 0.0556. The van der Waals surface area contributed by atoms with E-state index in [1.807, 2.05) is 0 Å². The molecule has 6 nitrogen and oxygen atoms in total. The molecule has 0 aromatic heterocycles. The van der Waals surface area contributed by atoms with Crippen molar-refractivity contribution in [3.05, 3.63) is 83.2 Å². The molecule has 34 heavy (non-hydrogen) atoms. The van der Waals surface area contributed by atoms with Gasteiger partial charge in [0.25, 0.3) is 5.91 Å². The van der Waals surface area contributed by atoms with Crippen LogP contribution < -0.4 is 20.1 Å². The van der Waals surface area contributed by atoms with Gasteiger partial charge in [0.2, 0.25) is 12.7 Å². The number of halogens is 4. The first kappa shape index (κ1) is 23.1. The molecule has 0 saturated heterocycles. The number of benzene rings is 3. The zero-order chi connectivity index (χ0) is 24.3. The number of anilines is 2. The maximum atomic E-state index is 13.6. The smallest absolute Gasteiger partial charge is 0.418 e. The number of alkyl halides is 3. The van der Waals surface area contributed by atoms with E-state index in [2.05, 4.69) is 10.6 Å². The zero-order valence-corrected chi connectivity index (χ0v) is 17.5. The van der Waals surface area contributed by atoms with E-state index in [0.29, 0.717) is 11.5 Å². The van der Waals surface area contributed by atoms with Crippen molar-refractivity contribution < 1.29 is 36.6 Å². The molecule has 0 aliphatic carbocycles. The summed E-state index contributed by atoms with van der Waals surface area (Å²) < 4.78 is 64.4. The fourth-order valence-corrected chi connectivity index (χ4v) is 3.34. The largest absolute Gasteiger partial charge is 0.454 e. The van der Waals surface area contributed by atoms with Crippen molar-refractivity contribution in [2.45, 2.75) is 19.0 Å². The molecule has 4 rings (SSSR count). The Kier molecular flexibility index (Phi) is 6.40. The van der Waals surface area contributed by atoms with Crippen molar-refractivity contribution in [2.75, 3.05) is 17.4 Å². The molecule has 0 bridgehead atoms. The lowest BCUT2D eigenvalue weighted by atomic mass is 10.1. The van der Waals surface area contributed by atoms with Crippen LogP contribution in [0.2, 0.25) is 0 Å². The molecule has 0 atom stereocenters. The van der Waals surface area contributed by atoms with Gasteiger partial charge in [0.15, 0.2) is 11.5 Å². The Labute approximate surface area is 191 Å². The lowest BCUT2D eigenvalue weighted by Gasteiger charge is -2.16. The third-order valence-electron chi connectivity index (χ3n) is 5.04. The molecule has 3 aromatic rings. The third kappa shape index (κ3) is 5.45. The van der Waals surface area contributed by atoms with E-state index in [4.69, 9.17) is 9.47 Å². The number of hydrogen-bond acceptors (Lipinski definition) is 4. The number of hydrogen-bond donors (Lipinski definition) is 2. The van der Waals surface area contributed by atoms with Crippen LogP contribution in [0.25, 0.3) is 0 Å². The summed E-state index contributed by atoms with van der Waals surface area (Å²) in [5, 5.41) is 4.63. The Bertz CT molecular complexity index is 1230. The molecule has 3 aromatic carbocycles. The van der Waals surface area contributed by atoms with Gasteiger partial charge in [0, 0.05) is 17.7 Å². The molecule has 2 N–H and O–H groups in total. The SMILES string of the molecule is O=C(CCc1ccc2c(c1)OCO2)Nc1ccc(NC(=O)c2ccc(F)cc2)cc1C(F)(F)F. The third-order valence-corrected chi connectivity index (χ3v) is 5.04. The number of nitrogens with one attached hydrogen (secondary N) is 2. The van der Waals surface area contributed by atoms with Crippen LogP contribution in [0.1, 0.15) is 27.9 Å². The van der Waals surface area contributed by atoms with Crippen molar-refractivity contribution in [2.24, 2.45) is 0 Å². The molecule has 176 valence electrons. The van der Waals surface area contributed by atoms with Crippen molar-refractivity contribution in [3.8, 4) is 11.5 Å². The number of amides is 2. The summed E-state index contributed by atoms with van der Waals surface area (Å²) in [5.41, 5.74) is -0.811. The standard InChI is InChI=1S/C24H18F4N2O4/c25-16-5-3-15(4-6-16)23(32)29-17-7-8-19(18(12-17)24(26,27)28)30-22(31)10-2-14-1-9-20-21(11-14)34-13-33-20/h1,3-9,11-12H,2,10,13H2,(H,29,32)(H,30,31). The normalized spacial score (nSPS) is 12.4. The molecule has 0 saturated carbocycles. The molecule has 0 unspecified atom stereocenters. The summed E-state index contributed by atoms with van der Waals surface area (Å²) in [6, 6.07) is 12.8. The van der Waals surface area contributed by atoms with Crippen LogP contribution >= 0.6 is 0 Å². The summed E-state index contributed by atoms with van der Waals surface area (Å²) in [6.07, 6.45) is -4.55. The molecular weight excluding hydrogens is 456 g/mol. The highest BCUT2D eigenvalue weighted by atomic mass is 19.4. The summed E-state index contributed by atoms with van der Waals surface area (Å²) in [4.78, 5) is 24.6. The Morgan fingerprint density at radius 2 is 1.62 bits per heavy atom. The quantitative estimate of drug-likeness (QED) is 0.470. The fraction of sp³-hybridized carbons (Fsp3) is 0.167. The average molecular weight is 474 g/mol. The zero-order valence-electron chi connectivity index (χ0n) is 17.5. The molecule has 1 aliphatic heterocycles. The van der Waals surface area contributed by atoms with E-state index in [1.54, 1.807) is 18.2 Å². The molecule has 0 spiro atoms. The van der Waals surface area contributed by atoms with Gasteiger partial charge in [-0.1, -0.05) is 6.07 Å². The van der Waals surface area contributed by atoms with Gasteiger partial charge in [0.1, 0.15) is 5.82 Å². The fourth-order valence-electron chi connectivity index (χ4n) is 3.34. The van der Waals surface area contributed by atoms with Gasteiger partial charge in [-0.05, 0) is 66.6 Å². The number of carbonyl (C=O) groups is 2. The van der Waals surface area contributed by atoms with Crippen molar-refractivity contribution in [1.29, 1.82) is 0 Å². The van der Waals surface area contributed by atoms with Gasteiger partial charge in [-0.25, -0.2) is 4.39 Å². The van der Waals surface area contributed by atoms with Crippen molar-refractivity contribution in [3.63, 3.8) is 0 Å². The van der Waals surface area contributed by atoms with E-state index in [-0.39, 0.29) is 30.9 Å².